The lowest BCUT2D eigenvalue weighted by Crippen LogP contribution is -1.96. The summed E-state index contributed by atoms with van der Waals surface area (Å²) in [6.07, 6.45) is 0. The minimum atomic E-state index is -1.12. The van der Waals surface area contributed by atoms with Crippen LogP contribution in [-0.2, 0) is 0 Å². The lowest BCUT2D eigenvalue weighted by molar-refractivity contribution is 0.235. The third-order valence-electron chi connectivity index (χ3n) is 1.20. The van der Waals surface area contributed by atoms with Gasteiger partial charge in [0.15, 0.2) is 0 Å². The molecule has 6 heteroatoms. The number of anilines is 1. The average molecular weight is 232 g/mol. The molecule has 1 nitrogen and oxygen atoms in total. The van der Waals surface area contributed by atoms with Crippen molar-refractivity contribution in [2.24, 2.45) is 0 Å². The van der Waals surface area contributed by atoms with E-state index in [2.05, 4.69) is 0 Å². The van der Waals surface area contributed by atoms with E-state index in [-0.39, 0.29) is 15.1 Å². The molecule has 0 aliphatic rings. The Morgan fingerprint density at radius 1 is 1.00 bits per heavy atom. The molecule has 66 valence electrons. The van der Waals surface area contributed by atoms with Gasteiger partial charge in [-0.05, 0) is 17.5 Å². The number of benzene rings is 1. The van der Waals surface area contributed by atoms with Gasteiger partial charge in [0.2, 0.25) is 0 Å². The highest BCUT2D eigenvalue weighted by molar-refractivity contribution is 6.49. The summed E-state index contributed by atoms with van der Waals surface area (Å²) in [6.45, 7) is 0. The standard InChI is InChI=1S/C6H2Cl3F2N/c7-3-1-2-4(12(10)11)6(9)5(3)8/h1-2H. The fourth-order valence-corrected chi connectivity index (χ4v) is 1.24. The van der Waals surface area contributed by atoms with E-state index in [1.807, 2.05) is 0 Å². The van der Waals surface area contributed by atoms with E-state index < -0.39 is 11.0 Å². The van der Waals surface area contributed by atoms with Gasteiger partial charge in [-0.3, -0.25) is 0 Å². The zero-order chi connectivity index (χ0) is 9.30. The summed E-state index contributed by atoms with van der Waals surface area (Å²) in [6, 6.07) is 2.33. The molecule has 0 saturated heterocycles. The van der Waals surface area contributed by atoms with Gasteiger partial charge in [-0.15, -0.1) is 0 Å². The zero-order valence-corrected chi connectivity index (χ0v) is 7.76. The maximum atomic E-state index is 12.0. The van der Waals surface area contributed by atoms with Gasteiger partial charge in [0.1, 0.15) is 5.69 Å². The Hall–Kier alpha value is -0.250. The number of hydrogen-bond donors (Lipinski definition) is 0. The van der Waals surface area contributed by atoms with Gasteiger partial charge in [-0.25, -0.2) is 0 Å². The molecule has 0 atom stereocenters. The smallest absolute Gasteiger partial charge is 0.0827 e. The first kappa shape index (κ1) is 9.84. The molecule has 0 N–H and O–H groups in total. The summed E-state index contributed by atoms with van der Waals surface area (Å²) in [4.78, 5) is 0. The molecule has 0 aromatic heterocycles. The van der Waals surface area contributed by atoms with Crippen molar-refractivity contribution in [2.75, 3.05) is 5.34 Å². The molecule has 0 fully saturated rings. The highest BCUT2D eigenvalue weighted by Gasteiger charge is 2.13. The Balaban J connectivity index is 3.27. The summed E-state index contributed by atoms with van der Waals surface area (Å²) >= 11 is 16.5. The number of rotatable bonds is 1. The Bertz CT molecular complexity index is 303. The van der Waals surface area contributed by atoms with E-state index in [4.69, 9.17) is 34.8 Å². The lowest BCUT2D eigenvalue weighted by atomic mass is 10.3. The van der Waals surface area contributed by atoms with Crippen LogP contribution in [0.4, 0.5) is 14.6 Å². The minimum absolute atomic E-state index is 0.0730. The van der Waals surface area contributed by atoms with Crippen LogP contribution in [0.5, 0.6) is 0 Å². The summed E-state index contributed by atoms with van der Waals surface area (Å²) < 4.78 is 24.0. The van der Waals surface area contributed by atoms with Crippen LogP contribution >= 0.6 is 34.8 Å². The van der Waals surface area contributed by atoms with E-state index in [0.29, 0.717) is 0 Å². The first-order chi connectivity index (χ1) is 5.54. The van der Waals surface area contributed by atoms with Crippen LogP contribution in [-0.4, -0.2) is 0 Å². The molecule has 0 aliphatic heterocycles. The van der Waals surface area contributed by atoms with Crippen LogP contribution in [0, 0.1) is 0 Å². The van der Waals surface area contributed by atoms with Gasteiger partial charge in [-0.1, -0.05) is 43.8 Å². The summed E-state index contributed by atoms with van der Waals surface area (Å²) in [5, 5.41) is -1.30. The molecular weight excluding hydrogens is 230 g/mol. The van der Waals surface area contributed by atoms with Gasteiger partial charge in [0.05, 0.1) is 15.1 Å². The van der Waals surface area contributed by atoms with E-state index in [1.165, 1.54) is 6.07 Å². The second kappa shape index (κ2) is 3.64. The molecule has 0 amide bonds. The normalized spacial score (nSPS) is 10.1. The maximum Gasteiger partial charge on any atom is 0.125 e. The molecule has 0 heterocycles. The van der Waals surface area contributed by atoms with Crippen molar-refractivity contribution in [1.29, 1.82) is 0 Å². The van der Waals surface area contributed by atoms with Crippen molar-refractivity contribution >= 4 is 40.5 Å². The summed E-state index contributed by atoms with van der Waals surface area (Å²) in [7, 11) is 0. The molecule has 0 aliphatic carbocycles. The molecule has 1 aromatic carbocycles. The first-order valence-electron chi connectivity index (χ1n) is 2.79. The topological polar surface area (TPSA) is 3.24 Å². The van der Waals surface area contributed by atoms with Crippen molar-refractivity contribution in [2.45, 2.75) is 0 Å². The Kier molecular flexibility index (Phi) is 2.99. The molecule has 0 bridgehead atoms. The lowest BCUT2D eigenvalue weighted by Gasteiger charge is -2.06. The van der Waals surface area contributed by atoms with Gasteiger partial charge >= 0.3 is 0 Å². The zero-order valence-electron chi connectivity index (χ0n) is 5.49. The van der Waals surface area contributed by atoms with Crippen LogP contribution in [0.15, 0.2) is 12.1 Å². The largest absolute Gasteiger partial charge is 0.125 e. The minimum Gasteiger partial charge on any atom is -0.0827 e. The Morgan fingerprint density at radius 2 is 1.58 bits per heavy atom. The van der Waals surface area contributed by atoms with Crippen LogP contribution < -0.4 is 5.34 Å². The van der Waals surface area contributed by atoms with Crippen molar-refractivity contribution in [1.82, 2.24) is 0 Å². The van der Waals surface area contributed by atoms with Crippen LogP contribution in [0.1, 0.15) is 0 Å². The molecular formula is C6H2Cl3F2N. The van der Waals surface area contributed by atoms with Crippen LogP contribution in [0.25, 0.3) is 0 Å². The highest BCUT2D eigenvalue weighted by atomic mass is 35.5. The van der Waals surface area contributed by atoms with Crippen molar-refractivity contribution in [3.63, 3.8) is 0 Å². The number of nitrogens with zero attached hydrogens (tertiary/aromatic N) is 1. The van der Waals surface area contributed by atoms with E-state index in [9.17, 15) is 8.96 Å². The van der Waals surface area contributed by atoms with Crippen molar-refractivity contribution in [3.05, 3.63) is 27.2 Å². The van der Waals surface area contributed by atoms with E-state index >= 15 is 0 Å². The van der Waals surface area contributed by atoms with Gasteiger partial charge in [0.25, 0.3) is 0 Å². The second-order valence-electron chi connectivity index (χ2n) is 1.93. The fraction of sp³-hybridized carbons (Fsp3) is 0. The predicted molar refractivity (Wildman–Crippen MR) is 46.2 cm³/mol. The van der Waals surface area contributed by atoms with Crippen molar-refractivity contribution in [3.8, 4) is 0 Å². The summed E-state index contributed by atoms with van der Waals surface area (Å²) in [5.74, 6) is 0. The molecule has 0 radical (unpaired) electrons. The average Bonchev–Trinajstić information content (AvgIpc) is 2.00. The third kappa shape index (κ3) is 1.73. The Morgan fingerprint density at radius 3 is 2.08 bits per heavy atom. The van der Waals surface area contributed by atoms with Gasteiger partial charge in [-0.2, -0.15) is 0 Å². The molecule has 1 aromatic rings. The maximum absolute atomic E-state index is 12.0. The van der Waals surface area contributed by atoms with Gasteiger partial charge < -0.3 is 0 Å². The predicted octanol–water partition coefficient (Wildman–Crippen LogP) is 4.22. The number of halogens is 5. The first-order valence-corrected chi connectivity index (χ1v) is 3.92. The van der Waals surface area contributed by atoms with Crippen LogP contribution in [0.3, 0.4) is 0 Å². The number of hydrogen-bond acceptors (Lipinski definition) is 1. The summed E-state index contributed by atoms with van der Waals surface area (Å²) in [5.41, 5.74) is -0.467. The van der Waals surface area contributed by atoms with E-state index in [1.54, 1.807) is 0 Å². The third-order valence-corrected chi connectivity index (χ3v) is 2.48. The molecule has 0 unspecified atom stereocenters. The van der Waals surface area contributed by atoms with Crippen molar-refractivity contribution < 1.29 is 8.96 Å². The fourth-order valence-electron chi connectivity index (χ4n) is 0.646. The quantitative estimate of drug-likeness (QED) is 0.517. The van der Waals surface area contributed by atoms with Crippen LogP contribution in [0.2, 0.25) is 15.1 Å². The molecule has 1 rings (SSSR count). The second-order valence-corrected chi connectivity index (χ2v) is 3.09. The SMILES string of the molecule is FN(F)c1ccc(Cl)c(Cl)c1Cl. The Labute approximate surface area is 82.3 Å². The van der Waals surface area contributed by atoms with Gasteiger partial charge in [0, 0.05) is 0 Å². The monoisotopic (exact) mass is 231 g/mol. The molecule has 12 heavy (non-hydrogen) atoms. The molecule has 0 spiro atoms. The molecule has 0 saturated carbocycles. The highest BCUT2D eigenvalue weighted by Crippen LogP contribution is 2.37. The van der Waals surface area contributed by atoms with E-state index in [0.717, 1.165) is 6.07 Å².